The smallest absolute Gasteiger partial charge is 0.122 e. The number of para-hydroxylation sites is 2. The van der Waals surface area contributed by atoms with Crippen LogP contribution in [0.25, 0.3) is 0 Å². The van der Waals surface area contributed by atoms with Gasteiger partial charge in [0.25, 0.3) is 0 Å². The fraction of sp³-hybridized carbons (Fsp3) is 0.150. The van der Waals surface area contributed by atoms with E-state index in [9.17, 15) is 0 Å². The van der Waals surface area contributed by atoms with Gasteiger partial charge in [0, 0.05) is 5.56 Å². The largest absolute Gasteiger partial charge is 0.496 e. The van der Waals surface area contributed by atoms with Gasteiger partial charge >= 0.3 is 0 Å². The minimum absolute atomic E-state index is 0.194. The van der Waals surface area contributed by atoms with Crippen molar-refractivity contribution in [3.8, 4) is 5.75 Å². The Morgan fingerprint density at radius 3 is 2.54 bits per heavy atom. The first-order valence-corrected chi connectivity index (χ1v) is 8.82. The first kappa shape index (κ1) is 15.0. The molecule has 1 aliphatic rings. The van der Waals surface area contributed by atoms with E-state index in [0.717, 1.165) is 23.7 Å². The van der Waals surface area contributed by atoms with Gasteiger partial charge in [-0.05, 0) is 29.6 Å². The summed E-state index contributed by atoms with van der Waals surface area (Å²) in [7, 11) is 1.73. The van der Waals surface area contributed by atoms with Crippen molar-refractivity contribution in [2.45, 2.75) is 5.92 Å². The molecule has 0 bridgehead atoms. The van der Waals surface area contributed by atoms with Crippen LogP contribution in [0, 0.1) is 0 Å². The number of rotatable bonds is 4. The standard InChI is InChI=1S/C20H18N2OS/c1-23-18-11-6-5-10-16(18)17-14-22(15-8-3-2-4-9-15)21-20(17)19-12-7-13-24-19/h2-13,17H,14H2,1H3/t17-/m1/s1. The molecular formula is C20H18N2OS. The van der Waals surface area contributed by atoms with E-state index in [0.29, 0.717) is 0 Å². The van der Waals surface area contributed by atoms with Gasteiger partial charge < -0.3 is 4.74 Å². The number of anilines is 1. The van der Waals surface area contributed by atoms with E-state index in [1.54, 1.807) is 18.4 Å². The monoisotopic (exact) mass is 334 g/mol. The highest BCUT2D eigenvalue weighted by molar-refractivity contribution is 7.12. The van der Waals surface area contributed by atoms with Crippen LogP contribution < -0.4 is 9.75 Å². The van der Waals surface area contributed by atoms with Crippen LogP contribution in [0.3, 0.4) is 0 Å². The number of benzene rings is 2. The highest BCUT2D eigenvalue weighted by atomic mass is 32.1. The van der Waals surface area contributed by atoms with Crippen LogP contribution in [-0.2, 0) is 0 Å². The topological polar surface area (TPSA) is 24.8 Å². The Morgan fingerprint density at radius 1 is 1.00 bits per heavy atom. The number of hydrogen-bond donors (Lipinski definition) is 0. The first-order chi connectivity index (χ1) is 11.9. The molecule has 3 aromatic rings. The molecule has 0 spiro atoms. The van der Waals surface area contributed by atoms with E-state index in [4.69, 9.17) is 9.84 Å². The molecule has 0 N–H and O–H groups in total. The van der Waals surface area contributed by atoms with Crippen molar-refractivity contribution < 1.29 is 4.74 Å². The van der Waals surface area contributed by atoms with Crippen molar-refractivity contribution in [3.05, 3.63) is 82.6 Å². The normalized spacial score (nSPS) is 17.0. The summed E-state index contributed by atoms with van der Waals surface area (Å²) in [6.07, 6.45) is 0. The number of ether oxygens (including phenoxy) is 1. The highest BCUT2D eigenvalue weighted by Crippen LogP contribution is 2.36. The molecule has 0 aliphatic carbocycles. The zero-order valence-electron chi connectivity index (χ0n) is 13.4. The molecule has 4 rings (SSSR count). The zero-order chi connectivity index (χ0) is 16.4. The molecular weight excluding hydrogens is 316 g/mol. The minimum Gasteiger partial charge on any atom is -0.496 e. The maximum absolute atomic E-state index is 5.59. The van der Waals surface area contributed by atoms with Gasteiger partial charge in [-0.1, -0.05) is 42.5 Å². The van der Waals surface area contributed by atoms with Gasteiger partial charge in [0.15, 0.2) is 0 Å². The van der Waals surface area contributed by atoms with Crippen LogP contribution in [0.5, 0.6) is 5.75 Å². The second-order valence-corrected chi connectivity index (χ2v) is 6.62. The number of nitrogens with zero attached hydrogens (tertiary/aromatic N) is 2. The molecule has 2 aromatic carbocycles. The number of hydrogen-bond acceptors (Lipinski definition) is 4. The maximum Gasteiger partial charge on any atom is 0.122 e. The SMILES string of the molecule is COc1ccccc1[C@H]1CN(c2ccccc2)N=C1c1cccs1. The van der Waals surface area contributed by atoms with Crippen LogP contribution in [0.1, 0.15) is 16.4 Å². The summed E-state index contributed by atoms with van der Waals surface area (Å²) >= 11 is 1.73. The lowest BCUT2D eigenvalue weighted by Crippen LogP contribution is -2.18. The Balaban J connectivity index is 1.77. The first-order valence-electron chi connectivity index (χ1n) is 7.94. The molecule has 120 valence electrons. The van der Waals surface area contributed by atoms with Crippen molar-refractivity contribution in [1.29, 1.82) is 0 Å². The lowest BCUT2D eigenvalue weighted by atomic mass is 9.93. The van der Waals surface area contributed by atoms with Gasteiger partial charge in [0.1, 0.15) is 5.75 Å². The fourth-order valence-electron chi connectivity index (χ4n) is 3.11. The molecule has 24 heavy (non-hydrogen) atoms. The molecule has 0 radical (unpaired) electrons. The zero-order valence-corrected chi connectivity index (χ0v) is 14.2. The Hall–Kier alpha value is -2.59. The maximum atomic E-state index is 5.59. The predicted molar refractivity (Wildman–Crippen MR) is 100 cm³/mol. The molecule has 0 saturated heterocycles. The van der Waals surface area contributed by atoms with Gasteiger partial charge in [-0.25, -0.2) is 0 Å². The van der Waals surface area contributed by atoms with E-state index in [1.807, 2.05) is 30.3 Å². The Labute approximate surface area is 145 Å². The lowest BCUT2D eigenvalue weighted by Gasteiger charge is -2.18. The number of hydrazone groups is 1. The van der Waals surface area contributed by atoms with Crippen LogP contribution in [0.15, 0.2) is 77.2 Å². The van der Waals surface area contributed by atoms with Crippen LogP contribution in [0.4, 0.5) is 5.69 Å². The highest BCUT2D eigenvalue weighted by Gasteiger charge is 2.32. The lowest BCUT2D eigenvalue weighted by molar-refractivity contribution is 0.409. The Morgan fingerprint density at radius 2 is 1.79 bits per heavy atom. The summed E-state index contributed by atoms with van der Waals surface area (Å²) in [5, 5.41) is 9.13. The van der Waals surface area contributed by atoms with Crippen molar-refractivity contribution in [2.24, 2.45) is 5.10 Å². The molecule has 4 heteroatoms. The van der Waals surface area contributed by atoms with Crippen molar-refractivity contribution >= 4 is 22.7 Å². The Kier molecular flexibility index (Phi) is 4.05. The summed E-state index contributed by atoms with van der Waals surface area (Å²) in [6.45, 7) is 0.817. The molecule has 0 saturated carbocycles. The quantitative estimate of drug-likeness (QED) is 0.687. The van der Waals surface area contributed by atoms with Gasteiger partial charge in [-0.2, -0.15) is 5.10 Å². The summed E-state index contributed by atoms with van der Waals surface area (Å²) in [5.74, 6) is 1.11. The minimum atomic E-state index is 0.194. The number of methoxy groups -OCH3 is 1. The van der Waals surface area contributed by atoms with E-state index in [2.05, 4.69) is 46.8 Å². The van der Waals surface area contributed by atoms with E-state index < -0.39 is 0 Å². The summed E-state index contributed by atoms with van der Waals surface area (Å²) < 4.78 is 5.59. The second-order valence-electron chi connectivity index (χ2n) is 5.67. The molecule has 3 nitrogen and oxygen atoms in total. The fourth-order valence-corrected chi connectivity index (χ4v) is 3.87. The van der Waals surface area contributed by atoms with Crippen LogP contribution >= 0.6 is 11.3 Å². The third-order valence-corrected chi connectivity index (χ3v) is 5.15. The Bertz CT molecular complexity index is 843. The molecule has 1 atom stereocenters. The molecule has 2 heterocycles. The van der Waals surface area contributed by atoms with Crippen LogP contribution in [-0.4, -0.2) is 19.4 Å². The van der Waals surface area contributed by atoms with Crippen molar-refractivity contribution in [2.75, 3.05) is 18.7 Å². The summed E-state index contributed by atoms with van der Waals surface area (Å²) in [6, 6.07) is 22.8. The second kappa shape index (κ2) is 6.49. The molecule has 0 fully saturated rings. The van der Waals surface area contributed by atoms with Gasteiger partial charge in [0.05, 0.1) is 35.8 Å². The molecule has 0 unspecified atom stereocenters. The van der Waals surface area contributed by atoms with Gasteiger partial charge in [-0.3, -0.25) is 5.01 Å². The average Bonchev–Trinajstić information content (AvgIpc) is 3.32. The third-order valence-electron chi connectivity index (χ3n) is 4.26. The molecule has 1 aromatic heterocycles. The van der Waals surface area contributed by atoms with Crippen molar-refractivity contribution in [1.82, 2.24) is 0 Å². The van der Waals surface area contributed by atoms with E-state index >= 15 is 0 Å². The average molecular weight is 334 g/mol. The van der Waals surface area contributed by atoms with Gasteiger partial charge in [0.2, 0.25) is 0 Å². The van der Waals surface area contributed by atoms with Gasteiger partial charge in [-0.15, -0.1) is 11.3 Å². The molecule has 0 amide bonds. The predicted octanol–water partition coefficient (Wildman–Crippen LogP) is 4.76. The summed E-state index contributed by atoms with van der Waals surface area (Å²) in [4.78, 5) is 1.21. The van der Waals surface area contributed by atoms with Crippen molar-refractivity contribution in [3.63, 3.8) is 0 Å². The van der Waals surface area contributed by atoms with E-state index in [1.165, 1.54) is 10.4 Å². The summed E-state index contributed by atoms with van der Waals surface area (Å²) in [5.41, 5.74) is 3.41. The third kappa shape index (κ3) is 2.69. The number of thiophene rings is 1. The van der Waals surface area contributed by atoms with Crippen LogP contribution in [0.2, 0.25) is 0 Å². The van der Waals surface area contributed by atoms with E-state index in [-0.39, 0.29) is 5.92 Å². The molecule has 1 aliphatic heterocycles.